The molecule has 0 radical (unpaired) electrons. The molecule has 0 atom stereocenters. The fraction of sp³-hybridized carbons (Fsp3) is 0.167. The molecule has 0 unspecified atom stereocenters. The molecular weight excluding hydrogens is 184 g/mol. The number of hydrogen-bond donors (Lipinski definition) is 1. The minimum atomic E-state index is -0.590. The zero-order valence-electron chi connectivity index (χ0n) is 5.91. The highest BCUT2D eigenvalue weighted by Gasteiger charge is 2.12. The second-order valence-electron chi connectivity index (χ2n) is 2.08. The predicted octanol–water partition coefficient (Wildman–Crippen LogP) is 1.02. The zero-order chi connectivity index (χ0) is 9.14. The Kier molecular flexibility index (Phi) is 2.44. The van der Waals surface area contributed by atoms with Gasteiger partial charge in [-0.1, -0.05) is 0 Å². The number of nitrogens with one attached hydrogen (secondary N) is 1. The highest BCUT2D eigenvalue weighted by Crippen LogP contribution is 2.14. The van der Waals surface area contributed by atoms with Gasteiger partial charge >= 0.3 is 0 Å². The SMILES string of the molecule is O=c1ccc([N+](=O)[O-])c(CCl)[nH]1. The number of hydrogen-bond acceptors (Lipinski definition) is 3. The average Bonchev–Trinajstić information content (AvgIpc) is 2.03. The quantitative estimate of drug-likeness (QED) is 0.428. The lowest BCUT2D eigenvalue weighted by Crippen LogP contribution is -2.08. The smallest absolute Gasteiger partial charge is 0.290 e. The number of nitrogens with zero attached hydrogens (tertiary/aromatic N) is 1. The molecule has 0 aliphatic heterocycles. The van der Waals surface area contributed by atoms with E-state index in [-0.39, 0.29) is 17.3 Å². The summed E-state index contributed by atoms with van der Waals surface area (Å²) in [7, 11) is 0. The Morgan fingerprint density at radius 3 is 2.75 bits per heavy atom. The molecule has 0 bridgehead atoms. The summed E-state index contributed by atoms with van der Waals surface area (Å²) in [5.74, 6) is -0.0770. The first-order valence-electron chi connectivity index (χ1n) is 3.07. The topological polar surface area (TPSA) is 76.0 Å². The second-order valence-corrected chi connectivity index (χ2v) is 2.34. The highest BCUT2D eigenvalue weighted by molar-refractivity contribution is 6.17. The van der Waals surface area contributed by atoms with Gasteiger partial charge in [0, 0.05) is 12.1 Å². The van der Waals surface area contributed by atoms with Crippen LogP contribution in [0, 0.1) is 10.1 Å². The van der Waals surface area contributed by atoms with Crippen LogP contribution in [0.1, 0.15) is 5.69 Å². The van der Waals surface area contributed by atoms with Crippen LogP contribution < -0.4 is 5.56 Å². The van der Waals surface area contributed by atoms with Crippen LogP contribution in [0.5, 0.6) is 0 Å². The number of nitro groups is 1. The van der Waals surface area contributed by atoms with Crippen LogP contribution >= 0.6 is 11.6 Å². The van der Waals surface area contributed by atoms with E-state index in [0.29, 0.717) is 0 Å². The first kappa shape index (κ1) is 8.73. The Balaban J connectivity index is 3.29. The fourth-order valence-corrected chi connectivity index (χ4v) is 0.986. The van der Waals surface area contributed by atoms with Crippen molar-refractivity contribution in [2.45, 2.75) is 5.88 Å². The standard InChI is InChI=1S/C6H5ClN2O3/c7-3-4-5(9(11)12)1-2-6(10)8-4/h1-2H,3H2,(H,8,10). The van der Waals surface area contributed by atoms with E-state index in [1.807, 2.05) is 0 Å². The van der Waals surface area contributed by atoms with Crippen molar-refractivity contribution in [1.82, 2.24) is 4.98 Å². The zero-order valence-corrected chi connectivity index (χ0v) is 6.67. The fourth-order valence-electron chi connectivity index (χ4n) is 0.783. The van der Waals surface area contributed by atoms with Crippen LogP contribution in [0.15, 0.2) is 16.9 Å². The van der Waals surface area contributed by atoms with E-state index in [1.165, 1.54) is 0 Å². The molecule has 0 saturated carbocycles. The molecule has 1 aromatic heterocycles. The third-order valence-corrected chi connectivity index (χ3v) is 1.57. The Labute approximate surface area is 72.1 Å². The summed E-state index contributed by atoms with van der Waals surface area (Å²) >= 11 is 5.37. The lowest BCUT2D eigenvalue weighted by molar-refractivity contribution is -0.385. The van der Waals surface area contributed by atoms with Gasteiger partial charge in [-0.15, -0.1) is 11.6 Å². The average molecular weight is 189 g/mol. The monoisotopic (exact) mass is 188 g/mol. The molecule has 0 saturated heterocycles. The molecule has 5 nitrogen and oxygen atoms in total. The van der Waals surface area contributed by atoms with Gasteiger partial charge < -0.3 is 4.98 Å². The first-order valence-corrected chi connectivity index (χ1v) is 3.61. The molecule has 1 rings (SSSR count). The normalized spacial score (nSPS) is 9.75. The molecule has 1 N–H and O–H groups in total. The summed E-state index contributed by atoms with van der Waals surface area (Å²) in [6, 6.07) is 2.23. The van der Waals surface area contributed by atoms with Gasteiger partial charge in [0.15, 0.2) is 0 Å². The number of aromatic nitrogens is 1. The molecular formula is C6H5ClN2O3. The van der Waals surface area contributed by atoms with Crippen LogP contribution in [0.25, 0.3) is 0 Å². The van der Waals surface area contributed by atoms with Crippen molar-refractivity contribution in [1.29, 1.82) is 0 Å². The van der Waals surface area contributed by atoms with E-state index in [0.717, 1.165) is 12.1 Å². The maximum absolute atomic E-state index is 10.7. The summed E-state index contributed by atoms with van der Waals surface area (Å²) in [5.41, 5.74) is -0.421. The van der Waals surface area contributed by atoms with E-state index >= 15 is 0 Å². The van der Waals surface area contributed by atoms with Gasteiger partial charge in [-0.2, -0.15) is 0 Å². The molecule has 1 aromatic rings. The number of pyridine rings is 1. The van der Waals surface area contributed by atoms with Crippen LogP contribution in [0.3, 0.4) is 0 Å². The van der Waals surface area contributed by atoms with Crippen LogP contribution in [-0.4, -0.2) is 9.91 Å². The molecule has 1 heterocycles. The van der Waals surface area contributed by atoms with Crippen molar-refractivity contribution in [2.24, 2.45) is 0 Å². The van der Waals surface area contributed by atoms with Gasteiger partial charge in [0.1, 0.15) is 5.69 Å². The van der Waals surface area contributed by atoms with Gasteiger partial charge in [-0.3, -0.25) is 14.9 Å². The van der Waals surface area contributed by atoms with Crippen molar-refractivity contribution >= 4 is 17.3 Å². The van der Waals surface area contributed by atoms with Crippen molar-refractivity contribution < 1.29 is 4.92 Å². The largest absolute Gasteiger partial charge is 0.319 e. The van der Waals surface area contributed by atoms with E-state index < -0.39 is 10.5 Å². The number of aromatic amines is 1. The van der Waals surface area contributed by atoms with Crippen molar-refractivity contribution in [3.8, 4) is 0 Å². The van der Waals surface area contributed by atoms with E-state index in [9.17, 15) is 14.9 Å². The second kappa shape index (κ2) is 3.36. The molecule has 0 spiro atoms. The summed E-state index contributed by atoms with van der Waals surface area (Å²) in [6.45, 7) is 0. The third-order valence-electron chi connectivity index (χ3n) is 1.31. The molecule has 6 heteroatoms. The lowest BCUT2D eigenvalue weighted by atomic mass is 10.3. The van der Waals surface area contributed by atoms with Crippen LogP contribution in [0.4, 0.5) is 5.69 Å². The van der Waals surface area contributed by atoms with E-state index in [1.54, 1.807) is 0 Å². The highest BCUT2D eigenvalue weighted by atomic mass is 35.5. The molecule has 64 valence electrons. The van der Waals surface area contributed by atoms with Gasteiger partial charge in [0.25, 0.3) is 5.69 Å². The Morgan fingerprint density at radius 1 is 1.58 bits per heavy atom. The molecule has 0 aliphatic carbocycles. The van der Waals surface area contributed by atoms with Crippen molar-refractivity contribution in [3.05, 3.63) is 38.3 Å². The summed E-state index contributed by atoms with van der Waals surface area (Å²) in [6.07, 6.45) is 0. The molecule has 0 aromatic carbocycles. The number of alkyl halides is 1. The summed E-state index contributed by atoms with van der Waals surface area (Å²) < 4.78 is 0. The van der Waals surface area contributed by atoms with Gasteiger partial charge in [0.05, 0.1) is 10.8 Å². The molecule has 0 amide bonds. The Morgan fingerprint density at radius 2 is 2.25 bits per heavy atom. The summed E-state index contributed by atoms with van der Waals surface area (Å²) in [5, 5.41) is 10.3. The molecule has 12 heavy (non-hydrogen) atoms. The van der Waals surface area contributed by atoms with E-state index in [4.69, 9.17) is 11.6 Å². The molecule has 0 fully saturated rings. The minimum Gasteiger partial charge on any atom is -0.319 e. The number of rotatable bonds is 2. The summed E-state index contributed by atoms with van der Waals surface area (Å²) in [4.78, 5) is 22.7. The molecule has 0 aliphatic rings. The van der Waals surface area contributed by atoms with Crippen molar-refractivity contribution in [3.63, 3.8) is 0 Å². The maximum Gasteiger partial charge on any atom is 0.290 e. The first-order chi connectivity index (χ1) is 5.65. The Hall–Kier alpha value is -1.36. The third kappa shape index (κ3) is 1.62. The number of halogens is 1. The van der Waals surface area contributed by atoms with Crippen LogP contribution in [0.2, 0.25) is 0 Å². The van der Waals surface area contributed by atoms with Crippen molar-refractivity contribution in [2.75, 3.05) is 0 Å². The minimum absolute atomic E-state index is 0.0770. The van der Waals surface area contributed by atoms with Gasteiger partial charge in [-0.25, -0.2) is 0 Å². The van der Waals surface area contributed by atoms with Crippen LogP contribution in [-0.2, 0) is 5.88 Å². The predicted molar refractivity (Wildman–Crippen MR) is 43.3 cm³/mol. The Bertz CT molecular complexity index is 360. The van der Waals surface area contributed by atoms with Gasteiger partial charge in [0.2, 0.25) is 5.56 Å². The van der Waals surface area contributed by atoms with E-state index in [2.05, 4.69) is 4.98 Å². The maximum atomic E-state index is 10.7. The number of H-pyrrole nitrogens is 1. The van der Waals surface area contributed by atoms with Gasteiger partial charge in [-0.05, 0) is 0 Å². The lowest BCUT2D eigenvalue weighted by Gasteiger charge is -1.95.